The fourth-order valence-corrected chi connectivity index (χ4v) is 2.02. The van der Waals surface area contributed by atoms with Gasteiger partial charge in [0.05, 0.1) is 6.04 Å². The topological polar surface area (TPSA) is 29.9 Å². The maximum absolute atomic E-state index is 4.50. The molecule has 0 spiro atoms. The van der Waals surface area contributed by atoms with Gasteiger partial charge in [-0.3, -0.25) is 0 Å². The van der Waals surface area contributed by atoms with Gasteiger partial charge in [0, 0.05) is 19.4 Å². The lowest BCUT2D eigenvalue weighted by atomic mass is 9.78. The van der Waals surface area contributed by atoms with Crippen LogP contribution in [0.2, 0.25) is 0 Å². The summed E-state index contributed by atoms with van der Waals surface area (Å²) >= 11 is 0. The molecule has 0 amide bonds. The van der Waals surface area contributed by atoms with Gasteiger partial charge in [0.25, 0.3) is 0 Å². The lowest BCUT2D eigenvalue weighted by Crippen LogP contribution is -2.29. The second-order valence-corrected chi connectivity index (χ2v) is 6.41. The Labute approximate surface area is 112 Å². The number of rotatable bonds is 6. The zero-order valence-corrected chi connectivity index (χ0v) is 12.8. The fourth-order valence-electron chi connectivity index (χ4n) is 2.02. The minimum atomic E-state index is 0.345. The summed E-state index contributed by atoms with van der Waals surface area (Å²) in [4.78, 5) is 4.50. The standard InChI is InChI=1S/C15H29N3/c1-7-8-16-13(11-12(2)15(3,4)5)14-17-9-10-18(14)6/h9-10,12-13,16H,7-8,11H2,1-6H3. The quantitative estimate of drug-likeness (QED) is 0.838. The van der Waals surface area contributed by atoms with Gasteiger partial charge in [-0.05, 0) is 30.7 Å². The monoisotopic (exact) mass is 251 g/mol. The van der Waals surface area contributed by atoms with Crippen LogP contribution in [-0.4, -0.2) is 16.1 Å². The number of aromatic nitrogens is 2. The zero-order valence-electron chi connectivity index (χ0n) is 12.8. The number of aryl methyl sites for hydroxylation is 1. The van der Waals surface area contributed by atoms with Crippen molar-refractivity contribution in [3.63, 3.8) is 0 Å². The van der Waals surface area contributed by atoms with Crippen LogP contribution in [0.1, 0.15) is 59.3 Å². The largest absolute Gasteiger partial charge is 0.337 e. The van der Waals surface area contributed by atoms with Gasteiger partial charge in [-0.15, -0.1) is 0 Å². The predicted octanol–water partition coefficient (Wildman–Crippen LogP) is 3.53. The second kappa shape index (κ2) is 6.37. The second-order valence-electron chi connectivity index (χ2n) is 6.41. The fraction of sp³-hybridized carbons (Fsp3) is 0.800. The Kier molecular flexibility index (Phi) is 5.39. The van der Waals surface area contributed by atoms with Gasteiger partial charge in [0.15, 0.2) is 0 Å². The predicted molar refractivity (Wildman–Crippen MR) is 77.5 cm³/mol. The van der Waals surface area contributed by atoms with E-state index in [0.29, 0.717) is 17.4 Å². The molecule has 2 atom stereocenters. The first-order valence-corrected chi connectivity index (χ1v) is 7.06. The molecular formula is C15H29N3. The molecule has 0 saturated carbocycles. The van der Waals surface area contributed by atoms with Crippen LogP contribution in [0, 0.1) is 11.3 Å². The van der Waals surface area contributed by atoms with Crippen molar-refractivity contribution < 1.29 is 0 Å². The first kappa shape index (κ1) is 15.2. The summed E-state index contributed by atoms with van der Waals surface area (Å²) in [5, 5.41) is 3.63. The normalized spacial score (nSPS) is 15.7. The number of hydrogen-bond donors (Lipinski definition) is 1. The van der Waals surface area contributed by atoms with Crippen LogP contribution in [0.15, 0.2) is 12.4 Å². The lowest BCUT2D eigenvalue weighted by molar-refractivity contribution is 0.219. The van der Waals surface area contributed by atoms with E-state index in [2.05, 4.69) is 56.5 Å². The van der Waals surface area contributed by atoms with Crippen LogP contribution in [0.25, 0.3) is 0 Å². The Morgan fingerprint density at radius 1 is 1.39 bits per heavy atom. The van der Waals surface area contributed by atoms with Gasteiger partial charge in [-0.1, -0.05) is 34.6 Å². The molecule has 0 aromatic carbocycles. The Morgan fingerprint density at radius 2 is 2.06 bits per heavy atom. The summed E-state index contributed by atoms with van der Waals surface area (Å²) in [5.41, 5.74) is 0.345. The molecular weight excluding hydrogens is 222 g/mol. The van der Waals surface area contributed by atoms with Crippen molar-refractivity contribution in [1.29, 1.82) is 0 Å². The average Bonchev–Trinajstić information content (AvgIpc) is 2.69. The van der Waals surface area contributed by atoms with Crippen molar-refractivity contribution >= 4 is 0 Å². The highest BCUT2D eigenvalue weighted by molar-refractivity contribution is 4.99. The van der Waals surface area contributed by atoms with Crippen molar-refractivity contribution in [2.45, 2.75) is 53.5 Å². The Hall–Kier alpha value is -0.830. The van der Waals surface area contributed by atoms with Gasteiger partial charge in [-0.25, -0.2) is 4.98 Å². The maximum Gasteiger partial charge on any atom is 0.125 e. The molecule has 1 aromatic rings. The van der Waals surface area contributed by atoms with Gasteiger partial charge < -0.3 is 9.88 Å². The minimum Gasteiger partial charge on any atom is -0.337 e. The molecule has 0 saturated heterocycles. The van der Waals surface area contributed by atoms with E-state index in [-0.39, 0.29) is 0 Å². The van der Waals surface area contributed by atoms with E-state index in [4.69, 9.17) is 0 Å². The summed E-state index contributed by atoms with van der Waals surface area (Å²) in [6.45, 7) is 12.5. The van der Waals surface area contributed by atoms with Crippen LogP contribution in [0.5, 0.6) is 0 Å². The van der Waals surface area contributed by atoms with Gasteiger partial charge >= 0.3 is 0 Å². The molecule has 3 heteroatoms. The van der Waals surface area contributed by atoms with Crippen molar-refractivity contribution in [3.8, 4) is 0 Å². The third-order valence-electron chi connectivity index (χ3n) is 3.88. The van der Waals surface area contributed by atoms with E-state index in [0.717, 1.165) is 25.2 Å². The molecule has 3 nitrogen and oxygen atoms in total. The molecule has 0 bridgehead atoms. The van der Waals surface area contributed by atoms with E-state index >= 15 is 0 Å². The molecule has 0 radical (unpaired) electrons. The molecule has 0 aliphatic carbocycles. The molecule has 104 valence electrons. The number of hydrogen-bond acceptors (Lipinski definition) is 2. The van der Waals surface area contributed by atoms with Gasteiger partial charge in [0.1, 0.15) is 5.82 Å². The molecule has 0 aliphatic rings. The molecule has 1 N–H and O–H groups in total. The van der Waals surface area contributed by atoms with E-state index in [1.807, 2.05) is 12.4 Å². The average molecular weight is 251 g/mol. The Morgan fingerprint density at radius 3 is 2.50 bits per heavy atom. The summed E-state index contributed by atoms with van der Waals surface area (Å²) in [6.07, 6.45) is 6.20. The SMILES string of the molecule is CCCNC(CC(C)C(C)(C)C)c1nccn1C. The van der Waals surface area contributed by atoms with Crippen molar-refractivity contribution in [1.82, 2.24) is 14.9 Å². The Bertz CT molecular complexity index is 349. The number of nitrogens with one attached hydrogen (secondary N) is 1. The van der Waals surface area contributed by atoms with Gasteiger partial charge in [-0.2, -0.15) is 0 Å². The molecule has 18 heavy (non-hydrogen) atoms. The van der Waals surface area contributed by atoms with E-state index < -0.39 is 0 Å². The van der Waals surface area contributed by atoms with E-state index in [9.17, 15) is 0 Å². The highest BCUT2D eigenvalue weighted by Gasteiger charge is 2.25. The summed E-state index contributed by atoms with van der Waals surface area (Å²) in [5.74, 6) is 1.81. The molecule has 1 heterocycles. The van der Waals surface area contributed by atoms with Crippen molar-refractivity contribution in [2.75, 3.05) is 6.54 Å². The van der Waals surface area contributed by atoms with Crippen LogP contribution in [-0.2, 0) is 7.05 Å². The third-order valence-corrected chi connectivity index (χ3v) is 3.88. The first-order valence-electron chi connectivity index (χ1n) is 7.06. The van der Waals surface area contributed by atoms with E-state index in [1.54, 1.807) is 0 Å². The van der Waals surface area contributed by atoms with Crippen LogP contribution in [0.4, 0.5) is 0 Å². The van der Waals surface area contributed by atoms with Gasteiger partial charge in [0.2, 0.25) is 0 Å². The summed E-state index contributed by atoms with van der Waals surface area (Å²) in [6, 6.07) is 0.360. The summed E-state index contributed by atoms with van der Waals surface area (Å²) < 4.78 is 2.13. The number of imidazole rings is 1. The smallest absolute Gasteiger partial charge is 0.125 e. The molecule has 2 unspecified atom stereocenters. The molecule has 0 fully saturated rings. The zero-order chi connectivity index (χ0) is 13.8. The molecule has 0 aliphatic heterocycles. The van der Waals surface area contributed by atoms with Crippen LogP contribution < -0.4 is 5.32 Å². The van der Waals surface area contributed by atoms with Crippen LogP contribution in [0.3, 0.4) is 0 Å². The Balaban J connectivity index is 2.77. The first-order chi connectivity index (χ1) is 8.36. The van der Waals surface area contributed by atoms with Crippen molar-refractivity contribution in [2.24, 2.45) is 18.4 Å². The lowest BCUT2D eigenvalue weighted by Gasteiger charge is -2.31. The van der Waals surface area contributed by atoms with E-state index in [1.165, 1.54) is 0 Å². The highest BCUT2D eigenvalue weighted by Crippen LogP contribution is 2.32. The number of nitrogens with zero attached hydrogens (tertiary/aromatic N) is 2. The molecule has 1 aromatic heterocycles. The maximum atomic E-state index is 4.50. The minimum absolute atomic E-state index is 0.345. The summed E-state index contributed by atoms with van der Waals surface area (Å²) in [7, 11) is 2.07. The highest BCUT2D eigenvalue weighted by atomic mass is 15.1. The van der Waals surface area contributed by atoms with Crippen LogP contribution >= 0.6 is 0 Å². The third kappa shape index (κ3) is 4.13. The van der Waals surface area contributed by atoms with Crippen molar-refractivity contribution in [3.05, 3.63) is 18.2 Å². The molecule has 1 rings (SSSR count).